The van der Waals surface area contributed by atoms with Crippen LogP contribution in [0.1, 0.15) is 0 Å². The van der Waals surface area contributed by atoms with Gasteiger partial charge in [-0.05, 0) is 0 Å². The van der Waals surface area contributed by atoms with E-state index in [1.165, 1.54) is 0 Å². The molecule has 3 atom stereocenters. The van der Waals surface area contributed by atoms with E-state index in [1.54, 1.807) is 0 Å². The normalized spacial score (nSPS) is 18.9. The highest BCUT2D eigenvalue weighted by molar-refractivity contribution is 5.72. The summed E-state index contributed by atoms with van der Waals surface area (Å²) in [6.07, 6.45) is -5.57. The van der Waals surface area contributed by atoms with Crippen LogP contribution in [0, 0.1) is 0 Å². The molecule has 0 fully saturated rings. The SMILES string of the molecule is O=C(O)C(O)[C@@H](O)[C@@H](O)CO. The third-order valence-corrected chi connectivity index (χ3v) is 1.16. The van der Waals surface area contributed by atoms with Crippen LogP contribution in [0.5, 0.6) is 0 Å². The first-order valence-electron chi connectivity index (χ1n) is 2.88. The summed E-state index contributed by atoms with van der Waals surface area (Å²) in [6.45, 7) is -0.800. The number of aliphatic carboxylic acids is 1. The first-order chi connectivity index (χ1) is 5.00. The van der Waals surface area contributed by atoms with Gasteiger partial charge in [-0.3, -0.25) is 0 Å². The van der Waals surface area contributed by atoms with Crippen molar-refractivity contribution in [1.29, 1.82) is 0 Å². The highest BCUT2D eigenvalue weighted by Gasteiger charge is 2.29. The van der Waals surface area contributed by atoms with E-state index in [1.807, 2.05) is 0 Å². The zero-order valence-corrected chi connectivity index (χ0v) is 5.58. The van der Waals surface area contributed by atoms with Crippen LogP contribution in [0.2, 0.25) is 0 Å². The summed E-state index contributed by atoms with van der Waals surface area (Å²) in [5.41, 5.74) is 0. The standard InChI is InChI=1S/C5H10O6/c6-1-2(7)3(8)4(9)5(10)11/h2-4,6-9H,1H2,(H,10,11)/t2-,3-,4?/m0/s1. The van der Waals surface area contributed by atoms with Gasteiger partial charge in [0.15, 0.2) is 6.10 Å². The van der Waals surface area contributed by atoms with Gasteiger partial charge in [-0.15, -0.1) is 0 Å². The van der Waals surface area contributed by atoms with Crippen molar-refractivity contribution in [3.8, 4) is 0 Å². The number of hydrogen-bond acceptors (Lipinski definition) is 5. The smallest absolute Gasteiger partial charge is 0.335 e. The summed E-state index contributed by atoms with van der Waals surface area (Å²) in [4.78, 5) is 9.96. The molecule has 0 radical (unpaired) electrons. The van der Waals surface area contributed by atoms with E-state index in [-0.39, 0.29) is 0 Å². The van der Waals surface area contributed by atoms with Crippen molar-refractivity contribution in [2.24, 2.45) is 0 Å². The number of hydrogen-bond donors (Lipinski definition) is 5. The fourth-order valence-corrected chi connectivity index (χ4v) is 0.465. The average Bonchev–Trinajstić information content (AvgIpc) is 2.00. The Balaban J connectivity index is 4.00. The number of rotatable bonds is 4. The van der Waals surface area contributed by atoms with Crippen LogP contribution >= 0.6 is 0 Å². The summed E-state index contributed by atoms with van der Waals surface area (Å²) in [7, 11) is 0. The van der Waals surface area contributed by atoms with Crippen molar-refractivity contribution in [1.82, 2.24) is 0 Å². The van der Waals surface area contributed by atoms with Crippen molar-refractivity contribution in [2.45, 2.75) is 18.3 Å². The van der Waals surface area contributed by atoms with Crippen LogP contribution in [-0.4, -0.2) is 56.4 Å². The highest BCUT2D eigenvalue weighted by atomic mass is 16.4. The van der Waals surface area contributed by atoms with Gasteiger partial charge in [0.1, 0.15) is 12.2 Å². The maximum atomic E-state index is 9.96. The molecule has 0 aromatic heterocycles. The number of carbonyl (C=O) groups is 1. The van der Waals surface area contributed by atoms with Crippen molar-refractivity contribution in [3.63, 3.8) is 0 Å². The van der Waals surface area contributed by atoms with Gasteiger partial charge in [0, 0.05) is 0 Å². The monoisotopic (exact) mass is 166 g/mol. The van der Waals surface area contributed by atoms with E-state index in [0.29, 0.717) is 0 Å². The molecule has 11 heavy (non-hydrogen) atoms. The molecule has 66 valence electrons. The number of aliphatic hydroxyl groups excluding tert-OH is 4. The van der Waals surface area contributed by atoms with Gasteiger partial charge in [0.2, 0.25) is 0 Å². The maximum Gasteiger partial charge on any atom is 0.335 e. The van der Waals surface area contributed by atoms with Gasteiger partial charge in [-0.1, -0.05) is 0 Å². The van der Waals surface area contributed by atoms with Crippen LogP contribution in [0.25, 0.3) is 0 Å². The molecule has 0 rings (SSSR count). The first kappa shape index (κ1) is 10.3. The molecule has 0 heterocycles. The Morgan fingerprint density at radius 3 is 2.00 bits per heavy atom. The summed E-state index contributed by atoms with van der Waals surface area (Å²) in [5, 5.41) is 42.2. The molecule has 0 amide bonds. The Morgan fingerprint density at radius 1 is 1.27 bits per heavy atom. The third kappa shape index (κ3) is 2.81. The quantitative estimate of drug-likeness (QED) is 0.306. The molecular formula is C5H10O6. The van der Waals surface area contributed by atoms with Gasteiger partial charge in [-0.25, -0.2) is 4.79 Å². The van der Waals surface area contributed by atoms with Gasteiger partial charge in [0.05, 0.1) is 6.61 Å². The molecule has 6 nitrogen and oxygen atoms in total. The Morgan fingerprint density at radius 2 is 1.73 bits per heavy atom. The number of carboxylic acid groups (broad SMARTS) is 1. The lowest BCUT2D eigenvalue weighted by Crippen LogP contribution is -2.43. The lowest BCUT2D eigenvalue weighted by atomic mass is 10.1. The Kier molecular flexibility index (Phi) is 3.98. The molecular weight excluding hydrogens is 156 g/mol. The van der Waals surface area contributed by atoms with Crippen LogP contribution < -0.4 is 0 Å². The Labute approximate surface area is 62.3 Å². The van der Waals surface area contributed by atoms with Crippen molar-refractivity contribution >= 4 is 5.97 Å². The second kappa shape index (κ2) is 4.24. The zero-order valence-electron chi connectivity index (χ0n) is 5.58. The van der Waals surface area contributed by atoms with E-state index in [4.69, 9.17) is 25.5 Å². The lowest BCUT2D eigenvalue weighted by Gasteiger charge is -2.17. The lowest BCUT2D eigenvalue weighted by molar-refractivity contribution is -0.159. The predicted octanol–water partition coefficient (Wildman–Crippen LogP) is -2.85. The molecule has 0 saturated carbocycles. The summed E-state index contributed by atoms with van der Waals surface area (Å²) >= 11 is 0. The molecule has 0 aromatic carbocycles. The minimum absolute atomic E-state index is 0.800. The molecule has 0 aliphatic carbocycles. The van der Waals surface area contributed by atoms with E-state index in [0.717, 1.165) is 0 Å². The van der Waals surface area contributed by atoms with Crippen LogP contribution in [0.15, 0.2) is 0 Å². The molecule has 0 spiro atoms. The Bertz CT molecular complexity index is 135. The van der Waals surface area contributed by atoms with E-state index < -0.39 is 30.9 Å². The fraction of sp³-hybridized carbons (Fsp3) is 0.800. The second-order valence-electron chi connectivity index (χ2n) is 2.02. The van der Waals surface area contributed by atoms with Crippen LogP contribution in [-0.2, 0) is 4.79 Å². The third-order valence-electron chi connectivity index (χ3n) is 1.16. The zero-order chi connectivity index (χ0) is 9.02. The summed E-state index contributed by atoms with van der Waals surface area (Å²) in [5.74, 6) is -1.65. The topological polar surface area (TPSA) is 118 Å². The molecule has 0 aromatic rings. The molecule has 0 saturated heterocycles. The molecule has 0 aliphatic rings. The van der Waals surface area contributed by atoms with Crippen molar-refractivity contribution in [2.75, 3.05) is 6.61 Å². The summed E-state index contributed by atoms with van der Waals surface area (Å²) in [6, 6.07) is 0. The second-order valence-corrected chi connectivity index (χ2v) is 2.02. The fourth-order valence-electron chi connectivity index (χ4n) is 0.465. The van der Waals surface area contributed by atoms with Gasteiger partial charge >= 0.3 is 5.97 Å². The maximum absolute atomic E-state index is 9.96. The van der Waals surface area contributed by atoms with Crippen LogP contribution in [0.4, 0.5) is 0 Å². The molecule has 6 heteroatoms. The molecule has 5 N–H and O–H groups in total. The Hall–Kier alpha value is -0.690. The van der Waals surface area contributed by atoms with Gasteiger partial charge < -0.3 is 25.5 Å². The van der Waals surface area contributed by atoms with E-state index >= 15 is 0 Å². The van der Waals surface area contributed by atoms with Gasteiger partial charge in [0.25, 0.3) is 0 Å². The number of carboxylic acids is 1. The minimum atomic E-state index is -2.07. The number of aliphatic hydroxyl groups is 4. The molecule has 0 aliphatic heterocycles. The van der Waals surface area contributed by atoms with Gasteiger partial charge in [-0.2, -0.15) is 0 Å². The van der Waals surface area contributed by atoms with Crippen LogP contribution in [0.3, 0.4) is 0 Å². The summed E-state index contributed by atoms with van der Waals surface area (Å²) < 4.78 is 0. The average molecular weight is 166 g/mol. The van der Waals surface area contributed by atoms with E-state index in [2.05, 4.69) is 0 Å². The molecule has 1 unspecified atom stereocenters. The highest BCUT2D eigenvalue weighted by Crippen LogP contribution is 1.99. The van der Waals surface area contributed by atoms with Crippen molar-refractivity contribution < 1.29 is 30.3 Å². The largest absolute Gasteiger partial charge is 0.479 e. The molecule has 0 bridgehead atoms. The van der Waals surface area contributed by atoms with E-state index in [9.17, 15) is 4.79 Å². The predicted molar refractivity (Wildman–Crippen MR) is 32.7 cm³/mol. The van der Waals surface area contributed by atoms with Crippen molar-refractivity contribution in [3.05, 3.63) is 0 Å². The first-order valence-corrected chi connectivity index (χ1v) is 2.88. The minimum Gasteiger partial charge on any atom is -0.479 e.